The topological polar surface area (TPSA) is 122 Å². The van der Waals surface area contributed by atoms with Gasteiger partial charge in [0.25, 0.3) is 0 Å². The molecule has 1 fully saturated rings. The number of likely N-dealkylation sites (N-methyl/N-ethyl adjacent to an activating group) is 1. The molecular weight excluding hydrogens is 342 g/mol. The molecule has 1 rings (SSSR count). The van der Waals surface area contributed by atoms with Crippen LogP contribution in [0.25, 0.3) is 0 Å². The maximum Gasteiger partial charge on any atom is 0.126 e. The number of nitrogens with zero attached hydrogens (tertiary/aromatic N) is 1. The summed E-state index contributed by atoms with van der Waals surface area (Å²) in [7, 11) is 2.11. The van der Waals surface area contributed by atoms with Gasteiger partial charge in [-0.1, -0.05) is 26.7 Å². The van der Waals surface area contributed by atoms with E-state index in [1.807, 2.05) is 0 Å². The quantitative estimate of drug-likeness (QED) is 0.307. The van der Waals surface area contributed by atoms with E-state index >= 15 is 0 Å². The fraction of sp³-hybridized carbons (Fsp3) is 1.00. The Kier molecular flexibility index (Phi) is 10.5. The van der Waals surface area contributed by atoms with Crippen LogP contribution in [0.4, 0.5) is 0 Å². The predicted molar refractivity (Wildman–Crippen MR) is 94.1 cm³/mol. The van der Waals surface area contributed by atoms with Crippen molar-refractivity contribution in [1.82, 2.24) is 0 Å². The van der Waals surface area contributed by atoms with Gasteiger partial charge in [-0.25, -0.2) is 0 Å². The first kappa shape index (κ1) is 23.7. The van der Waals surface area contributed by atoms with Crippen LogP contribution < -0.4 is 5.11 Å². The molecule has 0 aliphatic carbocycles. The third-order valence-electron chi connectivity index (χ3n) is 5.06. The first-order valence-electron chi connectivity index (χ1n) is 9.69. The Morgan fingerprint density at radius 1 is 1.12 bits per heavy atom. The molecule has 0 saturated carbocycles. The van der Waals surface area contributed by atoms with E-state index in [0.29, 0.717) is 6.54 Å². The fourth-order valence-corrected chi connectivity index (χ4v) is 3.39. The number of rotatable bonds is 12. The normalized spacial score (nSPS) is 31.2. The Morgan fingerprint density at radius 3 is 2.19 bits per heavy atom. The summed E-state index contributed by atoms with van der Waals surface area (Å²) in [6.45, 7) is 6.01. The Bertz CT molecular complexity index is 377. The van der Waals surface area contributed by atoms with E-state index in [2.05, 4.69) is 20.9 Å². The van der Waals surface area contributed by atoms with E-state index in [9.17, 15) is 20.4 Å². The van der Waals surface area contributed by atoms with Crippen LogP contribution in [0.1, 0.15) is 39.5 Å². The summed E-state index contributed by atoms with van der Waals surface area (Å²) in [6, 6.07) is 0. The molecule has 1 saturated heterocycles. The largest absolute Gasteiger partial charge is 0.829 e. The van der Waals surface area contributed by atoms with Crippen molar-refractivity contribution < 1.29 is 39.5 Å². The van der Waals surface area contributed by atoms with Crippen molar-refractivity contribution in [3.63, 3.8) is 0 Å². The monoisotopic (exact) mass is 379 g/mol. The van der Waals surface area contributed by atoms with Crippen molar-refractivity contribution in [2.24, 2.45) is 0 Å². The lowest BCUT2D eigenvalue weighted by molar-refractivity contribution is -0.913. The van der Waals surface area contributed by atoms with Crippen LogP contribution in [0.15, 0.2) is 0 Å². The molecule has 0 aromatic heterocycles. The smallest absolute Gasteiger partial charge is 0.126 e. The Hall–Kier alpha value is -0.320. The highest BCUT2D eigenvalue weighted by atomic mass is 16.7. The van der Waals surface area contributed by atoms with Crippen molar-refractivity contribution in [2.45, 2.75) is 76.3 Å². The van der Waals surface area contributed by atoms with Gasteiger partial charge in [-0.05, 0) is 12.8 Å². The molecule has 0 aromatic carbocycles. The summed E-state index contributed by atoms with van der Waals surface area (Å²) >= 11 is 0. The van der Waals surface area contributed by atoms with Crippen molar-refractivity contribution in [3.05, 3.63) is 0 Å². The van der Waals surface area contributed by atoms with Crippen LogP contribution >= 0.6 is 0 Å². The highest BCUT2D eigenvalue weighted by Gasteiger charge is 2.41. The first-order valence-corrected chi connectivity index (χ1v) is 9.69. The SMILES string of the molecule is CCCC[N+](C)(CCCC)CC(O)CO[C@@H]1[C@@H](O)[C@@H](O)[C@@H](CO)O[C@H]1[O-]. The average molecular weight is 379 g/mol. The molecule has 156 valence electrons. The summed E-state index contributed by atoms with van der Waals surface area (Å²) in [5.74, 6) is 0. The van der Waals surface area contributed by atoms with Crippen LogP contribution in [-0.4, -0.2) is 102 Å². The number of hydrogen-bond acceptors (Lipinski definition) is 7. The van der Waals surface area contributed by atoms with Crippen molar-refractivity contribution in [3.8, 4) is 0 Å². The molecule has 1 aliphatic heterocycles. The number of quaternary nitrogens is 1. The number of unbranched alkanes of at least 4 members (excludes halogenated alkanes) is 2. The zero-order valence-electron chi connectivity index (χ0n) is 16.3. The molecule has 1 heterocycles. The summed E-state index contributed by atoms with van der Waals surface area (Å²) in [5, 5.41) is 51.3. The van der Waals surface area contributed by atoms with Gasteiger partial charge in [0.1, 0.15) is 31.0 Å². The van der Waals surface area contributed by atoms with E-state index in [1.165, 1.54) is 0 Å². The molecule has 0 spiro atoms. The zero-order chi connectivity index (χ0) is 19.7. The maximum atomic E-state index is 12.0. The molecule has 1 aliphatic rings. The first-order chi connectivity index (χ1) is 12.3. The maximum absolute atomic E-state index is 12.0. The lowest BCUT2D eigenvalue weighted by atomic mass is 9.99. The van der Waals surface area contributed by atoms with Crippen molar-refractivity contribution >= 4 is 0 Å². The van der Waals surface area contributed by atoms with E-state index in [4.69, 9.17) is 14.6 Å². The summed E-state index contributed by atoms with van der Waals surface area (Å²) < 4.78 is 11.1. The van der Waals surface area contributed by atoms with Crippen molar-refractivity contribution in [1.29, 1.82) is 0 Å². The molecule has 0 radical (unpaired) electrons. The average Bonchev–Trinajstić information content (AvgIpc) is 2.61. The fourth-order valence-electron chi connectivity index (χ4n) is 3.39. The molecule has 26 heavy (non-hydrogen) atoms. The van der Waals surface area contributed by atoms with Gasteiger partial charge in [0.2, 0.25) is 0 Å². The van der Waals surface area contributed by atoms with Crippen LogP contribution in [-0.2, 0) is 9.47 Å². The minimum atomic E-state index is -1.72. The van der Waals surface area contributed by atoms with Gasteiger partial charge < -0.3 is 39.5 Å². The van der Waals surface area contributed by atoms with E-state index in [0.717, 1.165) is 43.3 Å². The Labute approximate surface area is 156 Å². The Morgan fingerprint density at radius 2 is 1.69 bits per heavy atom. The number of hydrogen-bond donors (Lipinski definition) is 4. The Balaban J connectivity index is 2.56. The molecule has 1 unspecified atom stereocenters. The lowest BCUT2D eigenvalue weighted by Crippen LogP contribution is -2.63. The molecule has 8 nitrogen and oxygen atoms in total. The van der Waals surface area contributed by atoms with E-state index in [-0.39, 0.29) is 6.61 Å². The third kappa shape index (κ3) is 7.01. The molecule has 0 bridgehead atoms. The summed E-state index contributed by atoms with van der Waals surface area (Å²) in [4.78, 5) is 0. The second kappa shape index (κ2) is 11.5. The number of ether oxygens (including phenoxy) is 2. The van der Waals surface area contributed by atoms with Crippen LogP contribution in [0.5, 0.6) is 0 Å². The number of aliphatic hydroxyl groups excluding tert-OH is 4. The highest BCUT2D eigenvalue weighted by Crippen LogP contribution is 2.21. The second-order valence-corrected chi connectivity index (χ2v) is 7.61. The minimum Gasteiger partial charge on any atom is -0.829 e. The molecule has 4 N–H and O–H groups in total. The van der Waals surface area contributed by atoms with Crippen LogP contribution in [0.2, 0.25) is 0 Å². The molecule has 0 aromatic rings. The second-order valence-electron chi connectivity index (χ2n) is 7.61. The summed E-state index contributed by atoms with van der Waals surface area (Å²) in [6.07, 6.45) is -3.48. The van der Waals surface area contributed by atoms with Gasteiger partial charge >= 0.3 is 0 Å². The minimum absolute atomic E-state index is 0.119. The van der Waals surface area contributed by atoms with Gasteiger partial charge in [0.15, 0.2) is 0 Å². The standard InChI is InChI=1S/C18H37NO7/c1-4-6-8-19(3,9-7-5-2)10-13(21)12-25-17-16(23)15(22)14(11-20)26-18(17)24/h13-18,20-23H,4-12H2,1-3H3/t13?,14-,15+,16+,17-,18-/m1/s1. The van der Waals surface area contributed by atoms with Gasteiger partial charge in [-0.3, -0.25) is 0 Å². The zero-order valence-corrected chi connectivity index (χ0v) is 16.3. The van der Waals surface area contributed by atoms with Crippen LogP contribution in [0, 0.1) is 0 Å². The third-order valence-corrected chi connectivity index (χ3v) is 5.06. The predicted octanol–water partition coefficient (Wildman–Crippen LogP) is -1.42. The molecule has 6 atom stereocenters. The van der Waals surface area contributed by atoms with E-state index in [1.54, 1.807) is 0 Å². The molecule has 0 amide bonds. The lowest BCUT2D eigenvalue weighted by Gasteiger charge is -2.45. The molecular formula is C18H37NO7. The van der Waals surface area contributed by atoms with Gasteiger partial charge in [-0.2, -0.15) is 0 Å². The molecule has 8 heteroatoms. The summed E-state index contributed by atoms with van der Waals surface area (Å²) in [5.41, 5.74) is 0. The van der Waals surface area contributed by atoms with Gasteiger partial charge in [-0.15, -0.1) is 0 Å². The van der Waals surface area contributed by atoms with E-state index < -0.39 is 43.4 Å². The van der Waals surface area contributed by atoms with Crippen LogP contribution in [0.3, 0.4) is 0 Å². The van der Waals surface area contributed by atoms with Gasteiger partial charge in [0, 0.05) is 6.29 Å². The van der Waals surface area contributed by atoms with Gasteiger partial charge in [0.05, 0.1) is 39.5 Å². The van der Waals surface area contributed by atoms with Crippen molar-refractivity contribution in [2.75, 3.05) is 39.9 Å². The highest BCUT2D eigenvalue weighted by molar-refractivity contribution is 4.89. The number of aliphatic hydroxyl groups is 4.